The van der Waals surface area contributed by atoms with Crippen molar-refractivity contribution in [2.24, 2.45) is 23.1 Å². The highest BCUT2D eigenvalue weighted by Crippen LogP contribution is 2.19. The van der Waals surface area contributed by atoms with Crippen molar-refractivity contribution in [1.29, 1.82) is 0 Å². The van der Waals surface area contributed by atoms with Gasteiger partial charge in [0.1, 0.15) is 42.3 Å². The van der Waals surface area contributed by atoms with E-state index in [2.05, 4.69) is 57.5 Å². The molecule has 1 aromatic carbocycles. The first kappa shape index (κ1) is 54.3. The van der Waals surface area contributed by atoms with Gasteiger partial charge in [-0.1, -0.05) is 32.0 Å². The minimum atomic E-state index is -1.47. The summed E-state index contributed by atoms with van der Waals surface area (Å²) in [5.74, 6) is -7.46. The van der Waals surface area contributed by atoms with Crippen LogP contribution in [0.3, 0.4) is 0 Å². The Labute approximate surface area is 390 Å². The van der Waals surface area contributed by atoms with E-state index >= 15 is 0 Å². The van der Waals surface area contributed by atoms with Crippen LogP contribution in [-0.4, -0.2) is 141 Å². The molecule has 25 heteroatoms. The zero-order chi connectivity index (χ0) is 49.8. The number of carbonyl (C=O) groups is 10. The normalized spacial score (nSPS) is 14.2. The summed E-state index contributed by atoms with van der Waals surface area (Å²) < 4.78 is 0. The Balaban J connectivity index is 1.66. The van der Waals surface area contributed by atoms with Crippen LogP contribution in [0.15, 0.2) is 43.0 Å². The number of hydrogen-bond donors (Lipinski definition) is 13. The SMILES string of the molecule is CSCC[C@H](NC(=O)[C@H](CC(C)C)NC(=O)[C@H](Cc1cnc[nH]1)NC(=O)CNC(=O)[C@H](C)NC(=O)[C@H](C)NC(=O)[C@H](Cc1c[nH]c2ccccc12)NC(=O)[C@H](CC(N)=O)NC(=O)CN)C(N)=O. The van der Waals surface area contributed by atoms with Gasteiger partial charge in [0.2, 0.25) is 59.1 Å². The molecule has 0 fully saturated rings. The van der Waals surface area contributed by atoms with Crippen LogP contribution in [0.1, 0.15) is 58.2 Å². The van der Waals surface area contributed by atoms with Gasteiger partial charge in [-0.15, -0.1) is 0 Å². The maximum atomic E-state index is 13.7. The molecule has 0 spiro atoms. The van der Waals surface area contributed by atoms with Crippen molar-refractivity contribution < 1.29 is 47.9 Å². The van der Waals surface area contributed by atoms with E-state index in [9.17, 15) is 47.9 Å². The maximum absolute atomic E-state index is 13.7. The molecule has 0 saturated heterocycles. The molecule has 0 radical (unpaired) electrons. The van der Waals surface area contributed by atoms with Crippen LogP contribution in [0.5, 0.6) is 0 Å². The second-order valence-electron chi connectivity index (χ2n) is 16.1. The number of hydrogen-bond acceptors (Lipinski definition) is 13. The smallest absolute Gasteiger partial charge is 0.243 e. The molecular weight excluding hydrogens is 893 g/mol. The molecule has 0 unspecified atom stereocenters. The van der Waals surface area contributed by atoms with Gasteiger partial charge in [-0.2, -0.15) is 11.8 Å². The summed E-state index contributed by atoms with van der Waals surface area (Å²) in [6.07, 6.45) is 5.99. The first-order chi connectivity index (χ1) is 31.7. The highest BCUT2D eigenvalue weighted by Gasteiger charge is 2.32. The van der Waals surface area contributed by atoms with Gasteiger partial charge in [0.15, 0.2) is 0 Å². The van der Waals surface area contributed by atoms with Gasteiger partial charge in [-0.05, 0) is 56.2 Å². The Hall–Kier alpha value is -7.02. The number of nitrogens with zero attached hydrogens (tertiary/aromatic N) is 1. The number of fused-ring (bicyclic) bond motifs is 1. The summed E-state index contributed by atoms with van der Waals surface area (Å²) >= 11 is 1.47. The van der Waals surface area contributed by atoms with E-state index in [0.717, 1.165) is 10.9 Å². The average molecular weight is 955 g/mol. The number of primary amides is 2. The van der Waals surface area contributed by atoms with Gasteiger partial charge in [0, 0.05) is 41.8 Å². The molecule has 10 amide bonds. The number of nitrogens with one attached hydrogen (secondary N) is 10. The number of benzene rings is 1. The van der Waals surface area contributed by atoms with E-state index in [4.69, 9.17) is 17.2 Å². The summed E-state index contributed by atoms with van der Waals surface area (Å²) in [5, 5.41) is 20.8. The first-order valence-corrected chi connectivity index (χ1v) is 22.8. The van der Waals surface area contributed by atoms with E-state index in [-0.39, 0.29) is 31.6 Å². The minimum absolute atomic E-state index is 0.0698. The summed E-state index contributed by atoms with van der Waals surface area (Å²) in [6.45, 7) is 5.20. The lowest BCUT2D eigenvalue weighted by molar-refractivity contribution is -0.135. The van der Waals surface area contributed by atoms with Gasteiger partial charge in [-0.25, -0.2) is 4.98 Å². The minimum Gasteiger partial charge on any atom is -0.370 e. The van der Waals surface area contributed by atoms with E-state index in [1.807, 2.05) is 20.1 Å². The number of aromatic amines is 2. The van der Waals surface area contributed by atoms with Crippen LogP contribution in [-0.2, 0) is 60.8 Å². The lowest BCUT2D eigenvalue weighted by atomic mass is 10.0. The van der Waals surface area contributed by atoms with Gasteiger partial charge in [0.05, 0.1) is 25.8 Å². The zero-order valence-electron chi connectivity index (χ0n) is 38.0. The van der Waals surface area contributed by atoms with Crippen molar-refractivity contribution >= 4 is 81.7 Å². The van der Waals surface area contributed by atoms with Gasteiger partial charge in [0.25, 0.3) is 0 Å². The van der Waals surface area contributed by atoms with Gasteiger partial charge < -0.3 is 69.7 Å². The number of H-pyrrole nitrogens is 2. The molecule has 0 saturated carbocycles. The number of carbonyl (C=O) groups excluding carboxylic acids is 10. The highest BCUT2D eigenvalue weighted by molar-refractivity contribution is 7.98. The zero-order valence-corrected chi connectivity index (χ0v) is 38.8. The molecule has 0 aliphatic carbocycles. The molecule has 2 aromatic heterocycles. The van der Waals surface area contributed by atoms with Crippen LogP contribution in [0.25, 0.3) is 10.9 Å². The van der Waals surface area contributed by atoms with E-state index in [0.29, 0.717) is 17.0 Å². The van der Waals surface area contributed by atoms with Crippen molar-refractivity contribution in [1.82, 2.24) is 57.5 Å². The maximum Gasteiger partial charge on any atom is 0.243 e. The van der Waals surface area contributed by atoms with Crippen molar-refractivity contribution in [3.63, 3.8) is 0 Å². The van der Waals surface area contributed by atoms with Crippen LogP contribution in [0.4, 0.5) is 0 Å². The van der Waals surface area contributed by atoms with Crippen LogP contribution in [0.2, 0.25) is 0 Å². The standard InChI is InChI=1S/C42H62N14O10S/c1-21(2)12-29(40(64)54-28(36(45)60)10-11-67-5)55-41(65)31(14-25-18-46-20-49-25)53-35(59)19-48-37(61)22(3)50-38(62)23(4)51-39(63)30(13-24-17-47-27-9-7-6-8-26(24)27)56-42(66)32(15-33(44)57)52-34(58)16-43/h6-9,17-18,20-23,28-32,47H,10-16,19,43H2,1-5H3,(H2,44,57)(H2,45,60)(H,46,49)(H,48,61)(H,50,62)(H,51,63)(H,52,58)(H,53,59)(H,54,64)(H,55,65)(H,56,66)/t22-,23-,28-,29-,30-,31-,32-/m0/s1. The van der Waals surface area contributed by atoms with E-state index in [1.165, 1.54) is 38.1 Å². The Kier molecular flexibility index (Phi) is 21.7. The number of thioether (sulfide) groups is 1. The molecule has 2 heterocycles. The molecular formula is C42H62N14O10S. The fourth-order valence-electron chi connectivity index (χ4n) is 6.61. The van der Waals surface area contributed by atoms with Crippen molar-refractivity contribution in [2.45, 2.75) is 102 Å². The third-order valence-electron chi connectivity index (χ3n) is 10.1. The van der Waals surface area contributed by atoms with Gasteiger partial charge >= 0.3 is 0 Å². The Morgan fingerprint density at radius 1 is 0.672 bits per heavy atom. The predicted molar refractivity (Wildman–Crippen MR) is 247 cm³/mol. The third kappa shape index (κ3) is 18.1. The molecule has 0 aliphatic rings. The van der Waals surface area contributed by atoms with Crippen LogP contribution >= 0.6 is 11.8 Å². The predicted octanol–water partition coefficient (Wildman–Crippen LogP) is -3.66. The topological polar surface area (TPSA) is 389 Å². The number of nitrogens with two attached hydrogens (primary N) is 3. The molecule has 0 aliphatic heterocycles. The summed E-state index contributed by atoms with van der Waals surface area (Å²) in [6, 6.07) is -1.50. The average Bonchev–Trinajstić information content (AvgIpc) is 3.95. The molecule has 366 valence electrons. The molecule has 0 bridgehead atoms. The molecule has 67 heavy (non-hydrogen) atoms. The fraction of sp³-hybridized carbons (Fsp3) is 0.500. The summed E-state index contributed by atoms with van der Waals surface area (Å²) in [5.41, 5.74) is 18.0. The highest BCUT2D eigenvalue weighted by atomic mass is 32.2. The number of amides is 10. The third-order valence-corrected chi connectivity index (χ3v) is 10.8. The number of imidazole rings is 1. The van der Waals surface area contributed by atoms with Crippen LogP contribution in [0, 0.1) is 5.92 Å². The quantitative estimate of drug-likeness (QED) is 0.0334. The monoisotopic (exact) mass is 954 g/mol. The van der Waals surface area contributed by atoms with Crippen molar-refractivity contribution in [2.75, 3.05) is 25.1 Å². The lowest BCUT2D eigenvalue weighted by Crippen LogP contribution is -2.58. The second kappa shape index (κ2) is 26.8. The van der Waals surface area contributed by atoms with Crippen molar-refractivity contribution in [3.8, 4) is 0 Å². The second-order valence-corrected chi connectivity index (χ2v) is 17.1. The largest absolute Gasteiger partial charge is 0.370 e. The van der Waals surface area contributed by atoms with Crippen LogP contribution < -0.4 is 59.7 Å². The fourth-order valence-corrected chi connectivity index (χ4v) is 7.08. The number of aromatic nitrogens is 3. The summed E-state index contributed by atoms with van der Waals surface area (Å²) in [4.78, 5) is 139. The number of rotatable bonds is 28. The molecule has 16 N–H and O–H groups in total. The van der Waals surface area contributed by atoms with Gasteiger partial charge in [-0.3, -0.25) is 47.9 Å². The molecule has 24 nitrogen and oxygen atoms in total. The summed E-state index contributed by atoms with van der Waals surface area (Å²) in [7, 11) is 0. The Bertz CT molecular complexity index is 2220. The lowest BCUT2D eigenvalue weighted by Gasteiger charge is -2.26. The Morgan fingerprint density at radius 3 is 1.88 bits per heavy atom. The van der Waals surface area contributed by atoms with E-state index in [1.54, 1.807) is 30.5 Å². The molecule has 7 atom stereocenters. The van der Waals surface area contributed by atoms with E-state index < -0.39 is 121 Å². The first-order valence-electron chi connectivity index (χ1n) is 21.4. The van der Waals surface area contributed by atoms with Crippen molar-refractivity contribution in [3.05, 3.63) is 54.2 Å². The molecule has 3 rings (SSSR count). The Morgan fingerprint density at radius 2 is 1.25 bits per heavy atom. The number of para-hydroxylation sites is 1. The molecule has 3 aromatic rings.